The third-order valence-electron chi connectivity index (χ3n) is 4.02. The number of aliphatic hydroxyl groups is 1. The van der Waals surface area contributed by atoms with Gasteiger partial charge in [-0.25, -0.2) is 0 Å². The topological polar surface area (TPSA) is 32.8 Å². The van der Waals surface area contributed by atoms with E-state index in [2.05, 4.69) is 24.3 Å². The molecular formula is C14H18O2. The van der Waals surface area contributed by atoms with Crippen molar-refractivity contribution < 1.29 is 9.84 Å². The van der Waals surface area contributed by atoms with E-state index in [-0.39, 0.29) is 0 Å². The van der Waals surface area contributed by atoms with Crippen LogP contribution in [0.4, 0.5) is 0 Å². The molecule has 2 fully saturated rings. The van der Waals surface area contributed by atoms with Gasteiger partial charge in [-0.3, -0.25) is 0 Å². The van der Waals surface area contributed by atoms with Crippen LogP contribution in [0.25, 0.3) is 0 Å². The van der Waals surface area contributed by atoms with E-state index in [0.717, 1.165) is 19.3 Å². The molecule has 0 bridgehead atoms. The van der Waals surface area contributed by atoms with Gasteiger partial charge in [-0.15, -0.1) is 0 Å². The molecule has 3 rings (SSSR count). The summed E-state index contributed by atoms with van der Waals surface area (Å²) in [6, 6.07) is 10.4. The van der Waals surface area contributed by atoms with Gasteiger partial charge in [0.15, 0.2) is 0 Å². The molecule has 0 unspecified atom stereocenters. The van der Waals surface area contributed by atoms with E-state index in [1.807, 2.05) is 13.0 Å². The van der Waals surface area contributed by atoms with Gasteiger partial charge in [0.25, 0.3) is 0 Å². The zero-order chi connectivity index (χ0) is 11.2. The highest BCUT2D eigenvalue weighted by Gasteiger charge is 2.52. The van der Waals surface area contributed by atoms with E-state index < -0.39 is 5.60 Å². The van der Waals surface area contributed by atoms with Crippen LogP contribution < -0.4 is 0 Å². The van der Waals surface area contributed by atoms with Gasteiger partial charge in [-0.2, -0.15) is 0 Å². The highest BCUT2D eigenvalue weighted by molar-refractivity contribution is 5.17. The Balaban J connectivity index is 1.74. The lowest BCUT2D eigenvalue weighted by Gasteiger charge is -2.35. The van der Waals surface area contributed by atoms with Crippen LogP contribution in [0.15, 0.2) is 30.3 Å². The predicted octanol–water partition coefficient (Wildman–Crippen LogP) is 2.16. The number of hydrogen-bond acceptors (Lipinski definition) is 2. The largest absolute Gasteiger partial charge is 0.390 e. The Labute approximate surface area is 96.2 Å². The van der Waals surface area contributed by atoms with Crippen LogP contribution in [0, 0.1) is 5.92 Å². The second-order valence-corrected chi connectivity index (χ2v) is 5.40. The Kier molecular flexibility index (Phi) is 2.30. The number of hydrogen-bond donors (Lipinski definition) is 1. The van der Waals surface area contributed by atoms with Crippen molar-refractivity contribution >= 4 is 0 Å². The molecule has 1 aromatic carbocycles. The van der Waals surface area contributed by atoms with E-state index in [9.17, 15) is 5.11 Å². The van der Waals surface area contributed by atoms with Crippen molar-refractivity contribution in [2.45, 2.75) is 44.0 Å². The van der Waals surface area contributed by atoms with Gasteiger partial charge < -0.3 is 9.84 Å². The lowest BCUT2D eigenvalue weighted by atomic mass is 9.74. The monoisotopic (exact) mass is 218 g/mol. The molecule has 1 aromatic rings. The van der Waals surface area contributed by atoms with Gasteiger partial charge in [0.05, 0.1) is 17.8 Å². The summed E-state index contributed by atoms with van der Waals surface area (Å²) in [6.07, 6.45) is 3.53. The summed E-state index contributed by atoms with van der Waals surface area (Å²) in [7, 11) is 0. The van der Waals surface area contributed by atoms with Crippen LogP contribution >= 0.6 is 0 Å². The first-order valence-corrected chi connectivity index (χ1v) is 6.07. The van der Waals surface area contributed by atoms with Gasteiger partial charge in [-0.1, -0.05) is 30.3 Å². The number of fused-ring (bicyclic) bond motifs is 1. The number of ether oxygens (including phenoxy) is 1. The highest BCUT2D eigenvalue weighted by atomic mass is 16.6. The van der Waals surface area contributed by atoms with Gasteiger partial charge in [0, 0.05) is 6.42 Å². The summed E-state index contributed by atoms with van der Waals surface area (Å²) >= 11 is 0. The molecule has 2 aliphatic rings. The molecule has 2 nitrogen and oxygen atoms in total. The Hall–Kier alpha value is -0.860. The SMILES string of the molecule is C[C@@]1(O)C[C@@H]2O[C@@H]2C[C@H]1Cc1ccccc1. The second-order valence-electron chi connectivity index (χ2n) is 5.40. The molecule has 2 heteroatoms. The van der Waals surface area contributed by atoms with Gasteiger partial charge >= 0.3 is 0 Å². The van der Waals surface area contributed by atoms with Gasteiger partial charge in [-0.05, 0) is 31.2 Å². The van der Waals surface area contributed by atoms with Gasteiger partial charge in [0.2, 0.25) is 0 Å². The second kappa shape index (κ2) is 3.57. The molecule has 1 aliphatic heterocycles. The first-order chi connectivity index (χ1) is 7.65. The van der Waals surface area contributed by atoms with Crippen LogP contribution in [0.2, 0.25) is 0 Å². The van der Waals surface area contributed by atoms with Crippen molar-refractivity contribution in [3.8, 4) is 0 Å². The Morgan fingerprint density at radius 2 is 2.06 bits per heavy atom. The van der Waals surface area contributed by atoms with Crippen LogP contribution in [-0.2, 0) is 11.2 Å². The lowest BCUT2D eigenvalue weighted by molar-refractivity contribution is -0.0232. The van der Waals surface area contributed by atoms with Crippen molar-refractivity contribution in [2.24, 2.45) is 5.92 Å². The maximum atomic E-state index is 10.4. The molecular weight excluding hydrogens is 200 g/mol. The molecule has 4 atom stereocenters. The molecule has 86 valence electrons. The summed E-state index contributed by atoms with van der Waals surface area (Å²) < 4.78 is 5.52. The predicted molar refractivity (Wildman–Crippen MR) is 62.2 cm³/mol. The normalized spacial score (nSPS) is 41.5. The maximum Gasteiger partial charge on any atom is 0.0869 e. The first-order valence-electron chi connectivity index (χ1n) is 6.07. The molecule has 0 spiro atoms. The van der Waals surface area contributed by atoms with E-state index >= 15 is 0 Å². The number of epoxide rings is 1. The van der Waals surface area contributed by atoms with Crippen molar-refractivity contribution in [3.63, 3.8) is 0 Å². The minimum absolute atomic E-state index is 0.332. The standard InChI is InChI=1S/C14H18O2/c1-14(15)9-13-12(16-13)8-11(14)7-10-5-3-2-4-6-10/h2-6,11-13,15H,7-9H2,1H3/t11-,12-,13+,14-/m1/s1. The third-order valence-corrected chi connectivity index (χ3v) is 4.02. The fourth-order valence-corrected chi connectivity index (χ4v) is 2.88. The summed E-state index contributed by atoms with van der Waals surface area (Å²) in [5.74, 6) is 0.332. The quantitative estimate of drug-likeness (QED) is 0.772. The third kappa shape index (κ3) is 1.87. The van der Waals surface area contributed by atoms with Crippen molar-refractivity contribution in [3.05, 3.63) is 35.9 Å². The minimum Gasteiger partial charge on any atom is -0.390 e. The lowest BCUT2D eigenvalue weighted by Crippen LogP contribution is -2.41. The molecule has 16 heavy (non-hydrogen) atoms. The van der Waals surface area contributed by atoms with Gasteiger partial charge in [0.1, 0.15) is 0 Å². The minimum atomic E-state index is -0.562. The average molecular weight is 218 g/mol. The first kappa shape index (κ1) is 10.3. The molecule has 1 saturated heterocycles. The zero-order valence-corrected chi connectivity index (χ0v) is 9.60. The molecule has 1 saturated carbocycles. The number of rotatable bonds is 2. The number of benzene rings is 1. The summed E-state index contributed by atoms with van der Waals surface area (Å²) in [5.41, 5.74) is 0.750. The molecule has 0 aromatic heterocycles. The van der Waals surface area contributed by atoms with Crippen LogP contribution in [0.1, 0.15) is 25.3 Å². The molecule has 0 radical (unpaired) electrons. The van der Waals surface area contributed by atoms with Crippen LogP contribution in [0.3, 0.4) is 0 Å². The van der Waals surface area contributed by atoms with Crippen molar-refractivity contribution in [1.29, 1.82) is 0 Å². The molecule has 1 heterocycles. The average Bonchev–Trinajstić information content (AvgIpc) is 2.96. The fraction of sp³-hybridized carbons (Fsp3) is 0.571. The van der Waals surface area contributed by atoms with E-state index in [1.165, 1.54) is 5.56 Å². The Morgan fingerprint density at radius 1 is 1.31 bits per heavy atom. The van der Waals surface area contributed by atoms with Crippen LogP contribution in [-0.4, -0.2) is 22.9 Å². The summed E-state index contributed by atoms with van der Waals surface area (Å²) in [4.78, 5) is 0. The Bertz CT molecular complexity index is 372. The van der Waals surface area contributed by atoms with E-state index in [1.54, 1.807) is 0 Å². The fourth-order valence-electron chi connectivity index (χ4n) is 2.88. The van der Waals surface area contributed by atoms with Crippen LogP contribution in [0.5, 0.6) is 0 Å². The van der Waals surface area contributed by atoms with E-state index in [4.69, 9.17) is 4.74 Å². The van der Waals surface area contributed by atoms with Crippen molar-refractivity contribution in [1.82, 2.24) is 0 Å². The molecule has 1 aliphatic carbocycles. The summed E-state index contributed by atoms with van der Waals surface area (Å²) in [6.45, 7) is 1.96. The van der Waals surface area contributed by atoms with Crippen molar-refractivity contribution in [2.75, 3.05) is 0 Å². The Morgan fingerprint density at radius 3 is 2.81 bits per heavy atom. The zero-order valence-electron chi connectivity index (χ0n) is 9.60. The maximum absolute atomic E-state index is 10.4. The van der Waals surface area contributed by atoms with E-state index in [0.29, 0.717) is 18.1 Å². The highest BCUT2D eigenvalue weighted by Crippen LogP contribution is 2.45. The summed E-state index contributed by atoms with van der Waals surface area (Å²) in [5, 5.41) is 10.4. The molecule has 1 N–H and O–H groups in total. The molecule has 0 amide bonds. The smallest absolute Gasteiger partial charge is 0.0869 e.